The zero-order valence-corrected chi connectivity index (χ0v) is 7.68. The molecule has 6 heteroatoms. The maximum Gasteiger partial charge on any atom is 0.252 e. The van der Waals surface area contributed by atoms with Gasteiger partial charge in [-0.2, -0.15) is 4.98 Å². The van der Waals surface area contributed by atoms with Crippen molar-refractivity contribution in [3.05, 3.63) is 17.7 Å². The first-order chi connectivity index (χ1) is 6.69. The molecule has 0 aliphatic heterocycles. The quantitative estimate of drug-likeness (QED) is 0.574. The van der Waals surface area contributed by atoms with E-state index in [-0.39, 0.29) is 11.7 Å². The topological polar surface area (TPSA) is 60.2 Å². The summed E-state index contributed by atoms with van der Waals surface area (Å²) in [6, 6.07) is 0.674. The van der Waals surface area contributed by atoms with Crippen molar-refractivity contribution in [2.45, 2.75) is 13.3 Å². The monoisotopic (exact) mass is 203 g/mol. The van der Waals surface area contributed by atoms with Gasteiger partial charge in [0.2, 0.25) is 0 Å². The molecule has 0 saturated carbocycles. The number of halogens is 2. The van der Waals surface area contributed by atoms with Crippen molar-refractivity contribution in [1.82, 2.24) is 4.98 Å². The van der Waals surface area contributed by atoms with Crippen LogP contribution in [0.2, 0.25) is 0 Å². The Kier molecular flexibility index (Phi) is 3.58. The molecule has 0 saturated heterocycles. The molecule has 0 spiro atoms. The number of anilines is 1. The van der Waals surface area contributed by atoms with Gasteiger partial charge in [-0.05, 0) is 6.42 Å². The average molecular weight is 203 g/mol. The SMILES string of the molecule is CCCOc1nc(NN)c(F)cc1F. The van der Waals surface area contributed by atoms with Gasteiger partial charge in [0.25, 0.3) is 5.88 Å². The van der Waals surface area contributed by atoms with E-state index in [9.17, 15) is 8.78 Å². The number of hydrogen-bond donors (Lipinski definition) is 2. The van der Waals surface area contributed by atoms with Gasteiger partial charge in [0.15, 0.2) is 17.5 Å². The molecule has 0 aromatic carbocycles. The fraction of sp³-hybridized carbons (Fsp3) is 0.375. The van der Waals surface area contributed by atoms with Crippen LogP contribution in [-0.4, -0.2) is 11.6 Å². The highest BCUT2D eigenvalue weighted by molar-refractivity contribution is 5.38. The normalized spacial score (nSPS) is 10.0. The predicted octanol–water partition coefficient (Wildman–Crippen LogP) is 1.43. The maximum atomic E-state index is 13.0. The first kappa shape index (κ1) is 10.6. The van der Waals surface area contributed by atoms with Gasteiger partial charge in [0.05, 0.1) is 6.61 Å². The summed E-state index contributed by atoms with van der Waals surface area (Å²) in [6.07, 6.45) is 0.712. The molecule has 1 aromatic rings. The third-order valence-corrected chi connectivity index (χ3v) is 1.48. The molecule has 14 heavy (non-hydrogen) atoms. The number of nitrogens with two attached hydrogens (primary N) is 1. The summed E-state index contributed by atoms with van der Waals surface area (Å²) < 4.78 is 30.8. The van der Waals surface area contributed by atoms with Crippen molar-refractivity contribution < 1.29 is 13.5 Å². The van der Waals surface area contributed by atoms with Crippen molar-refractivity contribution in [2.24, 2.45) is 5.84 Å². The van der Waals surface area contributed by atoms with Crippen LogP contribution in [0.5, 0.6) is 5.88 Å². The first-order valence-electron chi connectivity index (χ1n) is 4.14. The lowest BCUT2D eigenvalue weighted by Crippen LogP contribution is -2.12. The van der Waals surface area contributed by atoms with Gasteiger partial charge in [-0.15, -0.1) is 0 Å². The van der Waals surface area contributed by atoms with Crippen LogP contribution < -0.4 is 16.0 Å². The summed E-state index contributed by atoms with van der Waals surface area (Å²) >= 11 is 0. The molecular formula is C8H11F2N3O. The Morgan fingerprint density at radius 3 is 2.79 bits per heavy atom. The lowest BCUT2D eigenvalue weighted by molar-refractivity contribution is 0.287. The average Bonchev–Trinajstić information content (AvgIpc) is 2.17. The van der Waals surface area contributed by atoms with E-state index in [2.05, 4.69) is 4.98 Å². The zero-order valence-electron chi connectivity index (χ0n) is 7.68. The molecule has 4 nitrogen and oxygen atoms in total. The Bertz CT molecular complexity index is 320. The summed E-state index contributed by atoms with van der Waals surface area (Å²) in [5, 5.41) is 0. The van der Waals surface area contributed by atoms with E-state index >= 15 is 0 Å². The van der Waals surface area contributed by atoms with Crippen LogP contribution in [0.25, 0.3) is 0 Å². The number of hydrogen-bond acceptors (Lipinski definition) is 4. The molecule has 0 aliphatic carbocycles. The second-order valence-corrected chi connectivity index (χ2v) is 2.60. The third kappa shape index (κ3) is 2.29. The highest BCUT2D eigenvalue weighted by atomic mass is 19.1. The van der Waals surface area contributed by atoms with E-state index in [1.807, 2.05) is 12.3 Å². The van der Waals surface area contributed by atoms with Crippen molar-refractivity contribution in [2.75, 3.05) is 12.0 Å². The fourth-order valence-electron chi connectivity index (χ4n) is 0.851. The molecule has 1 heterocycles. The smallest absolute Gasteiger partial charge is 0.252 e. The van der Waals surface area contributed by atoms with Gasteiger partial charge < -0.3 is 10.2 Å². The fourth-order valence-corrected chi connectivity index (χ4v) is 0.851. The van der Waals surface area contributed by atoms with Crippen LogP contribution in [0.1, 0.15) is 13.3 Å². The number of nitrogen functional groups attached to an aromatic ring is 1. The molecular weight excluding hydrogens is 192 g/mol. The Morgan fingerprint density at radius 2 is 2.21 bits per heavy atom. The molecule has 1 rings (SSSR count). The van der Waals surface area contributed by atoms with Crippen molar-refractivity contribution >= 4 is 5.82 Å². The molecule has 3 N–H and O–H groups in total. The predicted molar refractivity (Wildman–Crippen MR) is 47.7 cm³/mol. The first-order valence-corrected chi connectivity index (χ1v) is 4.14. The summed E-state index contributed by atoms with van der Waals surface area (Å²) in [7, 11) is 0. The van der Waals surface area contributed by atoms with E-state index < -0.39 is 11.6 Å². The van der Waals surface area contributed by atoms with Gasteiger partial charge in [0.1, 0.15) is 0 Å². The molecule has 1 aromatic heterocycles. The van der Waals surface area contributed by atoms with Crippen LogP contribution in [0.15, 0.2) is 6.07 Å². The molecule has 78 valence electrons. The molecule has 0 radical (unpaired) electrons. The minimum absolute atomic E-state index is 0.238. The molecule has 0 bridgehead atoms. The van der Waals surface area contributed by atoms with E-state index in [1.54, 1.807) is 0 Å². The Morgan fingerprint density at radius 1 is 1.50 bits per heavy atom. The number of aromatic nitrogens is 1. The van der Waals surface area contributed by atoms with E-state index in [0.29, 0.717) is 19.1 Å². The van der Waals surface area contributed by atoms with Crippen LogP contribution in [0.3, 0.4) is 0 Å². The lowest BCUT2D eigenvalue weighted by Gasteiger charge is -2.07. The Balaban J connectivity index is 2.92. The summed E-state index contributed by atoms with van der Waals surface area (Å²) in [5.41, 5.74) is 2.01. The van der Waals surface area contributed by atoms with Crippen molar-refractivity contribution in [1.29, 1.82) is 0 Å². The second kappa shape index (κ2) is 4.71. The molecule has 0 amide bonds. The summed E-state index contributed by atoms with van der Waals surface area (Å²) in [4.78, 5) is 3.52. The number of hydrazine groups is 1. The molecule has 0 unspecified atom stereocenters. The highest BCUT2D eigenvalue weighted by Gasteiger charge is 2.11. The van der Waals surface area contributed by atoms with E-state index in [1.165, 1.54) is 0 Å². The maximum absolute atomic E-state index is 13.0. The number of rotatable bonds is 4. The zero-order chi connectivity index (χ0) is 10.6. The number of ether oxygens (including phenoxy) is 1. The summed E-state index contributed by atoms with van der Waals surface area (Å²) in [5.74, 6) is 2.79. The van der Waals surface area contributed by atoms with Gasteiger partial charge in [-0.3, -0.25) is 0 Å². The van der Waals surface area contributed by atoms with Crippen LogP contribution in [0.4, 0.5) is 14.6 Å². The number of nitrogens with zero attached hydrogens (tertiary/aromatic N) is 1. The minimum Gasteiger partial charge on any atom is -0.476 e. The molecule has 0 aliphatic rings. The summed E-state index contributed by atoms with van der Waals surface area (Å²) in [6.45, 7) is 2.18. The Hall–Kier alpha value is -1.43. The van der Waals surface area contributed by atoms with Gasteiger partial charge in [-0.1, -0.05) is 6.92 Å². The van der Waals surface area contributed by atoms with Gasteiger partial charge >= 0.3 is 0 Å². The molecule has 0 fully saturated rings. The number of nitrogens with one attached hydrogen (secondary N) is 1. The van der Waals surface area contributed by atoms with E-state index in [4.69, 9.17) is 10.6 Å². The van der Waals surface area contributed by atoms with Crippen molar-refractivity contribution in [3.63, 3.8) is 0 Å². The lowest BCUT2D eigenvalue weighted by atomic mass is 10.4. The highest BCUT2D eigenvalue weighted by Crippen LogP contribution is 2.19. The second-order valence-electron chi connectivity index (χ2n) is 2.60. The van der Waals surface area contributed by atoms with Crippen LogP contribution in [-0.2, 0) is 0 Å². The standard InChI is InChI=1S/C8H11F2N3O/c1-2-3-14-8-6(10)4-5(9)7(12-8)13-11/h4H,2-3,11H2,1H3,(H,12,13). The van der Waals surface area contributed by atoms with Crippen LogP contribution in [0, 0.1) is 11.6 Å². The molecule has 0 atom stereocenters. The largest absolute Gasteiger partial charge is 0.476 e. The van der Waals surface area contributed by atoms with E-state index in [0.717, 1.165) is 0 Å². The third-order valence-electron chi connectivity index (χ3n) is 1.48. The van der Waals surface area contributed by atoms with Gasteiger partial charge in [-0.25, -0.2) is 14.6 Å². The minimum atomic E-state index is -0.853. The Labute approximate surface area is 80.1 Å². The number of pyridine rings is 1. The van der Waals surface area contributed by atoms with Crippen molar-refractivity contribution in [3.8, 4) is 5.88 Å². The van der Waals surface area contributed by atoms with Crippen LogP contribution >= 0.6 is 0 Å². The van der Waals surface area contributed by atoms with Gasteiger partial charge in [0, 0.05) is 6.07 Å².